The van der Waals surface area contributed by atoms with Gasteiger partial charge in [0.1, 0.15) is 0 Å². The van der Waals surface area contributed by atoms with Crippen molar-refractivity contribution in [2.75, 3.05) is 19.6 Å². The van der Waals surface area contributed by atoms with Gasteiger partial charge in [-0.1, -0.05) is 51.1 Å². The summed E-state index contributed by atoms with van der Waals surface area (Å²) >= 11 is 0. The predicted octanol–water partition coefficient (Wildman–Crippen LogP) is 2.73. The van der Waals surface area contributed by atoms with Crippen LogP contribution in [0.15, 0.2) is 64.4 Å². The van der Waals surface area contributed by atoms with Crippen LogP contribution in [0.25, 0.3) is 0 Å². The molecule has 3 rings (SSSR count). The van der Waals surface area contributed by atoms with E-state index in [9.17, 15) is 21.6 Å². The Balaban J connectivity index is 1.56. The van der Waals surface area contributed by atoms with Gasteiger partial charge in [0.2, 0.25) is 15.9 Å². The number of nitrogens with zero attached hydrogens (tertiary/aromatic N) is 1. The van der Waals surface area contributed by atoms with Gasteiger partial charge in [-0.15, -0.1) is 0 Å². The van der Waals surface area contributed by atoms with Crippen molar-refractivity contribution in [3.05, 3.63) is 60.2 Å². The molecule has 2 aromatic carbocycles. The number of piperidine rings is 1. The Kier molecular flexibility index (Phi) is 7.12. The summed E-state index contributed by atoms with van der Waals surface area (Å²) in [6, 6.07) is 14.9. The molecule has 1 N–H and O–H groups in total. The van der Waals surface area contributed by atoms with Crippen LogP contribution in [0, 0.1) is 0 Å². The Bertz CT molecular complexity index is 1150. The smallest absolute Gasteiger partial charge is 0.241 e. The van der Waals surface area contributed by atoms with Crippen molar-refractivity contribution >= 4 is 25.8 Å². The van der Waals surface area contributed by atoms with E-state index in [4.69, 9.17) is 0 Å². The number of sulfone groups is 1. The average molecular weight is 479 g/mol. The molecule has 0 unspecified atom stereocenters. The lowest BCUT2D eigenvalue weighted by Crippen LogP contribution is -2.46. The summed E-state index contributed by atoms with van der Waals surface area (Å²) < 4.78 is 53.0. The van der Waals surface area contributed by atoms with E-state index in [1.807, 2.05) is 20.8 Å². The van der Waals surface area contributed by atoms with E-state index < -0.39 is 25.1 Å². The first-order valence-corrected chi connectivity index (χ1v) is 13.6. The molecule has 9 heteroatoms. The third-order valence-corrected chi connectivity index (χ3v) is 9.44. The van der Waals surface area contributed by atoms with Gasteiger partial charge in [-0.05, 0) is 48.1 Å². The van der Waals surface area contributed by atoms with Crippen molar-refractivity contribution in [2.45, 2.75) is 54.1 Å². The number of carbonyl (C=O) groups is 1. The fraction of sp³-hybridized carbons (Fsp3) is 0.435. The van der Waals surface area contributed by atoms with Crippen molar-refractivity contribution in [2.24, 2.45) is 0 Å². The van der Waals surface area contributed by atoms with Crippen molar-refractivity contribution in [1.29, 1.82) is 0 Å². The molecule has 0 spiro atoms. The number of amides is 1. The van der Waals surface area contributed by atoms with Crippen molar-refractivity contribution < 1.29 is 21.6 Å². The van der Waals surface area contributed by atoms with Crippen LogP contribution in [0.2, 0.25) is 0 Å². The van der Waals surface area contributed by atoms with Gasteiger partial charge < -0.3 is 4.90 Å². The number of benzene rings is 2. The standard InChI is InChI=1S/C23H30N2O5S2/c1-23(2,3)18-9-11-21(12-10-18)32(29,30)24-17-22(26)25-15-13-20(14-16-25)31(27,28)19-7-5-4-6-8-19/h4-12,20,24H,13-17H2,1-3H3. The summed E-state index contributed by atoms with van der Waals surface area (Å²) in [4.78, 5) is 14.4. The van der Waals surface area contributed by atoms with Gasteiger partial charge in [-0.3, -0.25) is 4.79 Å². The van der Waals surface area contributed by atoms with Gasteiger partial charge >= 0.3 is 0 Å². The Morgan fingerprint density at radius 1 is 0.906 bits per heavy atom. The number of carbonyl (C=O) groups excluding carboxylic acids is 1. The predicted molar refractivity (Wildman–Crippen MR) is 124 cm³/mol. The van der Waals surface area contributed by atoms with E-state index in [1.165, 1.54) is 17.0 Å². The quantitative estimate of drug-likeness (QED) is 0.688. The van der Waals surface area contributed by atoms with Gasteiger partial charge in [0.25, 0.3) is 0 Å². The maximum Gasteiger partial charge on any atom is 0.241 e. The van der Waals surface area contributed by atoms with E-state index in [1.54, 1.807) is 42.5 Å². The van der Waals surface area contributed by atoms with Crippen LogP contribution in [0.5, 0.6) is 0 Å². The molecular formula is C23H30N2O5S2. The number of likely N-dealkylation sites (tertiary alicyclic amines) is 1. The lowest BCUT2D eigenvalue weighted by Gasteiger charge is -2.31. The van der Waals surface area contributed by atoms with Crippen molar-refractivity contribution in [1.82, 2.24) is 9.62 Å². The molecule has 0 aromatic heterocycles. The third kappa shape index (κ3) is 5.57. The molecule has 0 bridgehead atoms. The zero-order valence-corrected chi connectivity index (χ0v) is 20.2. The van der Waals surface area contributed by atoms with Gasteiger partial charge in [0.05, 0.1) is 21.6 Å². The Morgan fingerprint density at radius 3 is 2.00 bits per heavy atom. The molecule has 1 saturated heterocycles. The van der Waals surface area contributed by atoms with Crippen LogP contribution < -0.4 is 4.72 Å². The van der Waals surface area contributed by atoms with Crippen LogP contribution in [0.1, 0.15) is 39.2 Å². The lowest BCUT2D eigenvalue weighted by molar-refractivity contribution is -0.130. The lowest BCUT2D eigenvalue weighted by atomic mass is 9.87. The number of hydrogen-bond acceptors (Lipinski definition) is 5. The molecule has 0 aliphatic carbocycles. The highest BCUT2D eigenvalue weighted by Crippen LogP contribution is 2.25. The van der Waals surface area contributed by atoms with Gasteiger partial charge in [-0.25, -0.2) is 21.6 Å². The molecule has 1 aliphatic heterocycles. The first-order chi connectivity index (χ1) is 14.9. The summed E-state index contributed by atoms with van der Waals surface area (Å²) in [6.07, 6.45) is 0.647. The fourth-order valence-corrected chi connectivity index (χ4v) is 6.43. The van der Waals surface area contributed by atoms with Crippen LogP contribution in [-0.4, -0.2) is 52.5 Å². The molecule has 1 aliphatic rings. The molecule has 32 heavy (non-hydrogen) atoms. The maximum atomic E-state index is 12.8. The highest BCUT2D eigenvalue weighted by atomic mass is 32.2. The Morgan fingerprint density at radius 2 is 1.47 bits per heavy atom. The molecule has 0 saturated carbocycles. The number of rotatable bonds is 6. The second kappa shape index (κ2) is 9.33. The minimum atomic E-state index is -3.82. The summed E-state index contributed by atoms with van der Waals surface area (Å²) in [5.41, 5.74) is 0.923. The first kappa shape index (κ1) is 24.4. The van der Waals surface area contributed by atoms with Gasteiger partial charge in [-0.2, -0.15) is 0 Å². The van der Waals surface area contributed by atoms with E-state index >= 15 is 0 Å². The second-order valence-corrected chi connectivity index (χ2v) is 13.0. The molecule has 0 radical (unpaired) electrons. The largest absolute Gasteiger partial charge is 0.341 e. The highest BCUT2D eigenvalue weighted by molar-refractivity contribution is 7.92. The normalized spacial score (nSPS) is 16.2. The topological polar surface area (TPSA) is 101 Å². The van der Waals surface area contributed by atoms with E-state index in [-0.39, 0.29) is 40.7 Å². The molecule has 1 heterocycles. The summed E-state index contributed by atoms with van der Waals surface area (Å²) in [5.74, 6) is -0.365. The average Bonchev–Trinajstić information content (AvgIpc) is 2.77. The zero-order chi connectivity index (χ0) is 23.6. The Labute approximate surface area is 190 Å². The van der Waals surface area contributed by atoms with E-state index in [2.05, 4.69) is 4.72 Å². The number of nitrogens with one attached hydrogen (secondary N) is 1. The summed E-state index contributed by atoms with van der Waals surface area (Å²) in [5, 5.41) is -0.549. The fourth-order valence-electron chi connectivity index (χ4n) is 3.70. The molecule has 2 aromatic rings. The van der Waals surface area contributed by atoms with Gasteiger partial charge in [0, 0.05) is 13.1 Å². The van der Waals surface area contributed by atoms with Gasteiger partial charge in [0.15, 0.2) is 9.84 Å². The van der Waals surface area contributed by atoms with E-state index in [0.717, 1.165) is 5.56 Å². The van der Waals surface area contributed by atoms with Crippen molar-refractivity contribution in [3.63, 3.8) is 0 Å². The summed E-state index contributed by atoms with van der Waals surface area (Å²) in [7, 11) is -7.27. The molecule has 1 amide bonds. The summed E-state index contributed by atoms with van der Waals surface area (Å²) in [6.45, 7) is 6.32. The van der Waals surface area contributed by atoms with Crippen LogP contribution in [-0.2, 0) is 30.1 Å². The number of sulfonamides is 1. The Hall–Kier alpha value is -2.23. The first-order valence-electron chi connectivity index (χ1n) is 10.6. The SMILES string of the molecule is CC(C)(C)c1ccc(S(=O)(=O)NCC(=O)N2CCC(S(=O)(=O)c3ccccc3)CC2)cc1. The second-order valence-electron chi connectivity index (χ2n) is 9.04. The zero-order valence-electron chi connectivity index (χ0n) is 18.6. The minimum absolute atomic E-state index is 0.0915. The highest BCUT2D eigenvalue weighted by Gasteiger charge is 2.32. The van der Waals surface area contributed by atoms with Crippen LogP contribution in [0.3, 0.4) is 0 Å². The molecule has 174 valence electrons. The van der Waals surface area contributed by atoms with Crippen LogP contribution >= 0.6 is 0 Å². The number of hydrogen-bond donors (Lipinski definition) is 1. The molecule has 1 fully saturated rings. The maximum absolute atomic E-state index is 12.8. The minimum Gasteiger partial charge on any atom is -0.341 e. The molecule has 7 nitrogen and oxygen atoms in total. The van der Waals surface area contributed by atoms with Crippen molar-refractivity contribution in [3.8, 4) is 0 Å². The molecular weight excluding hydrogens is 448 g/mol. The van der Waals surface area contributed by atoms with Crippen LogP contribution in [0.4, 0.5) is 0 Å². The van der Waals surface area contributed by atoms with E-state index in [0.29, 0.717) is 12.8 Å². The third-order valence-electron chi connectivity index (χ3n) is 5.75. The monoisotopic (exact) mass is 478 g/mol. The molecule has 0 atom stereocenters.